The summed E-state index contributed by atoms with van der Waals surface area (Å²) in [6.45, 7) is 2.26. The van der Waals surface area contributed by atoms with Gasteiger partial charge in [-0.3, -0.25) is 4.79 Å². The number of carbonyl (C=O) groups is 1. The van der Waals surface area contributed by atoms with E-state index in [1.54, 1.807) is 6.07 Å². The zero-order chi connectivity index (χ0) is 14.4. The second-order valence-corrected chi connectivity index (χ2v) is 5.69. The van der Waals surface area contributed by atoms with Crippen LogP contribution in [0.15, 0.2) is 42.5 Å². The summed E-state index contributed by atoms with van der Waals surface area (Å²) in [5.74, 6) is 0.536. The molecular weight excluding hydrogens is 274 g/mol. The van der Waals surface area contributed by atoms with E-state index in [4.69, 9.17) is 4.74 Å². The van der Waals surface area contributed by atoms with Gasteiger partial charge in [0.1, 0.15) is 18.5 Å². The Hall–Kier alpha value is -1.85. The smallest absolute Gasteiger partial charge is 0.261 e. The Balaban J connectivity index is 1.72. The van der Waals surface area contributed by atoms with E-state index < -0.39 is 6.10 Å². The SMILES string of the molecule is Cc1ccc(C(=O)NCC(O)COc2ccccc2)s1. The van der Waals surface area contributed by atoms with Crippen molar-refractivity contribution in [2.75, 3.05) is 13.2 Å². The maximum Gasteiger partial charge on any atom is 0.261 e. The highest BCUT2D eigenvalue weighted by molar-refractivity contribution is 7.13. The van der Waals surface area contributed by atoms with Crippen LogP contribution in [-0.2, 0) is 0 Å². The van der Waals surface area contributed by atoms with Gasteiger partial charge < -0.3 is 15.2 Å². The number of rotatable bonds is 6. The van der Waals surface area contributed by atoms with E-state index in [1.165, 1.54) is 11.3 Å². The first-order valence-corrected chi connectivity index (χ1v) is 7.17. The van der Waals surface area contributed by atoms with Gasteiger partial charge in [-0.2, -0.15) is 0 Å². The van der Waals surface area contributed by atoms with Crippen molar-refractivity contribution in [3.05, 3.63) is 52.2 Å². The number of aryl methyl sites for hydroxylation is 1. The van der Waals surface area contributed by atoms with Gasteiger partial charge in [0.25, 0.3) is 5.91 Å². The average molecular weight is 291 g/mol. The number of ether oxygens (including phenoxy) is 1. The molecule has 0 spiro atoms. The topological polar surface area (TPSA) is 58.6 Å². The van der Waals surface area contributed by atoms with Crippen LogP contribution in [0.2, 0.25) is 0 Å². The fourth-order valence-electron chi connectivity index (χ4n) is 1.62. The van der Waals surface area contributed by atoms with E-state index in [2.05, 4.69) is 5.32 Å². The number of hydrogen-bond acceptors (Lipinski definition) is 4. The summed E-state index contributed by atoms with van der Waals surface area (Å²) >= 11 is 1.43. The van der Waals surface area contributed by atoms with Crippen LogP contribution in [0.4, 0.5) is 0 Å². The first kappa shape index (κ1) is 14.6. The first-order chi connectivity index (χ1) is 9.65. The Bertz CT molecular complexity index is 553. The van der Waals surface area contributed by atoms with E-state index in [9.17, 15) is 9.90 Å². The molecule has 0 aliphatic carbocycles. The molecule has 1 heterocycles. The number of para-hydroxylation sites is 1. The molecule has 1 aromatic carbocycles. The number of amides is 1. The minimum absolute atomic E-state index is 0.147. The van der Waals surface area contributed by atoms with Crippen molar-refractivity contribution in [3.63, 3.8) is 0 Å². The molecule has 1 atom stereocenters. The number of hydrogen-bond donors (Lipinski definition) is 2. The van der Waals surface area contributed by atoms with Gasteiger partial charge in [0.15, 0.2) is 0 Å². The van der Waals surface area contributed by atoms with Gasteiger partial charge in [-0.1, -0.05) is 18.2 Å². The van der Waals surface area contributed by atoms with Gasteiger partial charge in [-0.05, 0) is 31.2 Å². The lowest BCUT2D eigenvalue weighted by atomic mass is 10.3. The monoisotopic (exact) mass is 291 g/mol. The minimum Gasteiger partial charge on any atom is -0.491 e. The number of aliphatic hydroxyl groups excluding tert-OH is 1. The fourth-order valence-corrected chi connectivity index (χ4v) is 2.41. The van der Waals surface area contributed by atoms with Crippen LogP contribution in [0.3, 0.4) is 0 Å². The van der Waals surface area contributed by atoms with Crippen molar-refractivity contribution in [1.29, 1.82) is 0 Å². The van der Waals surface area contributed by atoms with Gasteiger partial charge in [0.05, 0.1) is 4.88 Å². The van der Waals surface area contributed by atoms with E-state index in [0.29, 0.717) is 10.6 Å². The van der Waals surface area contributed by atoms with Crippen LogP contribution >= 0.6 is 11.3 Å². The summed E-state index contributed by atoms with van der Waals surface area (Å²) in [4.78, 5) is 13.5. The Morgan fingerprint density at radius 1 is 1.30 bits per heavy atom. The number of aliphatic hydroxyl groups is 1. The lowest BCUT2D eigenvalue weighted by Gasteiger charge is -2.12. The highest BCUT2D eigenvalue weighted by Crippen LogP contribution is 2.14. The molecule has 0 radical (unpaired) electrons. The van der Waals surface area contributed by atoms with Crippen LogP contribution in [0.1, 0.15) is 14.5 Å². The van der Waals surface area contributed by atoms with Gasteiger partial charge in [0, 0.05) is 11.4 Å². The predicted molar refractivity (Wildman–Crippen MR) is 79.3 cm³/mol. The Morgan fingerprint density at radius 2 is 2.05 bits per heavy atom. The zero-order valence-electron chi connectivity index (χ0n) is 11.2. The maximum absolute atomic E-state index is 11.8. The van der Waals surface area contributed by atoms with Crippen LogP contribution in [0.25, 0.3) is 0 Å². The third kappa shape index (κ3) is 4.36. The summed E-state index contributed by atoms with van der Waals surface area (Å²) in [6, 6.07) is 12.9. The summed E-state index contributed by atoms with van der Waals surface area (Å²) in [7, 11) is 0. The summed E-state index contributed by atoms with van der Waals surface area (Å²) in [5.41, 5.74) is 0. The Kier molecular flexibility index (Phi) is 5.15. The van der Waals surface area contributed by atoms with Gasteiger partial charge in [-0.25, -0.2) is 0 Å². The molecule has 5 heteroatoms. The molecule has 20 heavy (non-hydrogen) atoms. The number of benzene rings is 1. The van der Waals surface area contributed by atoms with Gasteiger partial charge in [0.2, 0.25) is 0 Å². The Morgan fingerprint density at radius 3 is 2.70 bits per heavy atom. The van der Waals surface area contributed by atoms with Gasteiger partial charge >= 0.3 is 0 Å². The molecule has 106 valence electrons. The standard InChI is InChI=1S/C15H17NO3S/c1-11-7-8-14(20-11)15(18)16-9-12(17)10-19-13-5-3-2-4-6-13/h2-8,12,17H,9-10H2,1H3,(H,16,18). The van der Waals surface area contributed by atoms with E-state index >= 15 is 0 Å². The molecule has 2 aromatic rings. The molecule has 0 saturated carbocycles. The average Bonchev–Trinajstić information content (AvgIpc) is 2.90. The van der Waals surface area contributed by atoms with Crippen LogP contribution in [0, 0.1) is 6.92 Å². The molecule has 0 bridgehead atoms. The quantitative estimate of drug-likeness (QED) is 0.858. The van der Waals surface area contributed by atoms with Crippen molar-refractivity contribution in [2.24, 2.45) is 0 Å². The number of thiophene rings is 1. The second-order valence-electron chi connectivity index (χ2n) is 4.40. The van der Waals surface area contributed by atoms with E-state index in [1.807, 2.05) is 43.3 Å². The zero-order valence-corrected chi connectivity index (χ0v) is 12.0. The lowest BCUT2D eigenvalue weighted by molar-refractivity contribution is 0.0847. The fraction of sp³-hybridized carbons (Fsp3) is 0.267. The van der Waals surface area contributed by atoms with Crippen molar-refractivity contribution < 1.29 is 14.6 Å². The summed E-state index contributed by atoms with van der Waals surface area (Å²) < 4.78 is 5.41. The van der Waals surface area contributed by atoms with Crippen molar-refractivity contribution in [2.45, 2.75) is 13.0 Å². The largest absolute Gasteiger partial charge is 0.491 e. The summed E-state index contributed by atoms with van der Waals surface area (Å²) in [6.07, 6.45) is -0.736. The number of carbonyl (C=O) groups excluding carboxylic acids is 1. The molecular formula is C15H17NO3S. The maximum atomic E-state index is 11.8. The normalized spacial score (nSPS) is 11.9. The van der Waals surface area contributed by atoms with Crippen LogP contribution in [-0.4, -0.2) is 30.3 Å². The van der Waals surface area contributed by atoms with Gasteiger partial charge in [-0.15, -0.1) is 11.3 Å². The molecule has 1 amide bonds. The molecule has 2 rings (SSSR count). The minimum atomic E-state index is -0.736. The predicted octanol–water partition coefficient (Wildman–Crippen LogP) is 2.23. The molecule has 0 saturated heterocycles. The third-order valence-electron chi connectivity index (χ3n) is 2.65. The summed E-state index contributed by atoms with van der Waals surface area (Å²) in [5, 5.41) is 12.5. The van der Waals surface area contributed by atoms with Crippen molar-refractivity contribution in [3.8, 4) is 5.75 Å². The highest BCUT2D eigenvalue weighted by atomic mass is 32.1. The van der Waals surface area contributed by atoms with Crippen molar-refractivity contribution >= 4 is 17.2 Å². The molecule has 2 N–H and O–H groups in total. The molecule has 0 fully saturated rings. The van der Waals surface area contributed by atoms with E-state index in [0.717, 1.165) is 4.88 Å². The molecule has 0 aliphatic rings. The van der Waals surface area contributed by atoms with Crippen molar-refractivity contribution in [1.82, 2.24) is 5.32 Å². The highest BCUT2D eigenvalue weighted by Gasteiger charge is 2.11. The van der Waals surface area contributed by atoms with Crippen LogP contribution < -0.4 is 10.1 Å². The first-order valence-electron chi connectivity index (χ1n) is 6.35. The van der Waals surface area contributed by atoms with E-state index in [-0.39, 0.29) is 19.1 Å². The molecule has 4 nitrogen and oxygen atoms in total. The lowest BCUT2D eigenvalue weighted by Crippen LogP contribution is -2.34. The molecule has 0 aliphatic heterocycles. The van der Waals surface area contributed by atoms with Crippen LogP contribution in [0.5, 0.6) is 5.75 Å². The third-order valence-corrected chi connectivity index (χ3v) is 3.65. The number of nitrogens with one attached hydrogen (secondary N) is 1. The molecule has 1 unspecified atom stereocenters. The molecule has 1 aromatic heterocycles. The second kappa shape index (κ2) is 7.07. The Labute approximate surface area is 122 Å².